The van der Waals surface area contributed by atoms with Crippen LogP contribution >= 0.6 is 11.3 Å². The first-order valence-corrected chi connectivity index (χ1v) is 5.66. The van der Waals surface area contributed by atoms with Crippen LogP contribution in [0.3, 0.4) is 0 Å². The maximum Gasteiger partial charge on any atom is 0.223 e. The highest BCUT2D eigenvalue weighted by molar-refractivity contribution is 7.11. The number of H-pyrrole nitrogens is 1. The Morgan fingerprint density at radius 1 is 1.38 bits per heavy atom. The molecule has 4 heteroatoms. The molecule has 0 aliphatic carbocycles. The minimum absolute atomic E-state index is 0.0521. The van der Waals surface area contributed by atoms with Gasteiger partial charge in [-0.1, -0.05) is 18.2 Å². The Kier molecular flexibility index (Phi) is 2.08. The van der Waals surface area contributed by atoms with E-state index in [2.05, 4.69) is 16.2 Å². The Hall–Kier alpha value is -1.94. The van der Waals surface area contributed by atoms with Crippen molar-refractivity contribution in [2.45, 2.75) is 0 Å². The van der Waals surface area contributed by atoms with Crippen molar-refractivity contribution in [1.29, 1.82) is 0 Å². The number of para-hydroxylation sites is 1. The molecule has 77 valence electrons. The summed E-state index contributed by atoms with van der Waals surface area (Å²) in [5, 5.41) is 3.09. The van der Waals surface area contributed by atoms with Gasteiger partial charge in [0.2, 0.25) is 5.78 Å². The van der Waals surface area contributed by atoms with Gasteiger partial charge >= 0.3 is 0 Å². The van der Waals surface area contributed by atoms with E-state index in [4.69, 9.17) is 0 Å². The molecule has 0 unspecified atom stereocenters. The molecule has 3 aromatic rings. The van der Waals surface area contributed by atoms with Gasteiger partial charge in [-0.3, -0.25) is 4.79 Å². The third-order valence-corrected chi connectivity index (χ3v) is 3.14. The molecule has 1 radical (unpaired) electrons. The van der Waals surface area contributed by atoms with Crippen molar-refractivity contribution in [3.8, 4) is 0 Å². The van der Waals surface area contributed by atoms with E-state index in [1.165, 1.54) is 11.3 Å². The molecule has 0 amide bonds. The molecule has 3 nitrogen and oxygen atoms in total. The van der Waals surface area contributed by atoms with E-state index in [1.807, 2.05) is 24.3 Å². The number of rotatable bonds is 2. The predicted molar refractivity (Wildman–Crippen MR) is 62.7 cm³/mol. The van der Waals surface area contributed by atoms with Crippen molar-refractivity contribution in [2.75, 3.05) is 0 Å². The fourth-order valence-corrected chi connectivity index (χ4v) is 2.21. The normalized spacial score (nSPS) is 10.8. The first-order valence-electron chi connectivity index (χ1n) is 4.78. The molecule has 0 atom stereocenters. The van der Waals surface area contributed by atoms with E-state index in [9.17, 15) is 4.79 Å². The van der Waals surface area contributed by atoms with Crippen molar-refractivity contribution in [3.05, 3.63) is 52.6 Å². The summed E-state index contributed by atoms with van der Waals surface area (Å²) in [6.45, 7) is 0. The fourth-order valence-electron chi connectivity index (χ4n) is 1.67. The first-order chi connectivity index (χ1) is 7.86. The fraction of sp³-hybridized carbons (Fsp3) is 0. The van der Waals surface area contributed by atoms with Crippen LogP contribution in [0.5, 0.6) is 0 Å². The number of nitrogens with zero attached hydrogens (tertiary/aromatic N) is 1. The molecule has 0 saturated heterocycles. The molecule has 0 saturated carbocycles. The number of fused-ring (bicyclic) bond motifs is 1. The van der Waals surface area contributed by atoms with Crippen molar-refractivity contribution in [3.63, 3.8) is 0 Å². The number of carbonyl (C=O) groups excluding carboxylic acids is 1. The van der Waals surface area contributed by atoms with Crippen molar-refractivity contribution >= 4 is 28.0 Å². The SMILES string of the molecule is O=C(c1n[c]cs1)c1c[nH]c2ccccc12. The molecule has 0 spiro atoms. The zero-order valence-corrected chi connectivity index (χ0v) is 9.04. The Morgan fingerprint density at radius 2 is 2.25 bits per heavy atom. The Bertz CT molecular complexity index is 640. The summed E-state index contributed by atoms with van der Waals surface area (Å²) in [7, 11) is 0. The smallest absolute Gasteiger partial charge is 0.223 e. The molecular formula is C12H7N2OS. The van der Waals surface area contributed by atoms with E-state index in [1.54, 1.807) is 11.6 Å². The van der Waals surface area contributed by atoms with Crippen LogP contribution in [0.15, 0.2) is 35.8 Å². The molecule has 0 fully saturated rings. The van der Waals surface area contributed by atoms with E-state index < -0.39 is 0 Å². The lowest BCUT2D eigenvalue weighted by Gasteiger charge is -1.94. The quantitative estimate of drug-likeness (QED) is 0.684. The maximum absolute atomic E-state index is 12.1. The second-order valence-electron chi connectivity index (χ2n) is 3.36. The first kappa shape index (κ1) is 9.30. The molecule has 3 rings (SSSR count). The summed E-state index contributed by atoms with van der Waals surface area (Å²) in [5.74, 6) is -0.0521. The molecule has 2 heterocycles. The number of nitrogens with one attached hydrogen (secondary N) is 1. The van der Waals surface area contributed by atoms with Crippen LogP contribution in [0.25, 0.3) is 10.9 Å². The number of aromatic nitrogens is 2. The summed E-state index contributed by atoms with van der Waals surface area (Å²) >= 11 is 1.31. The van der Waals surface area contributed by atoms with Gasteiger partial charge in [0.25, 0.3) is 0 Å². The predicted octanol–water partition coefficient (Wildman–Crippen LogP) is 2.66. The summed E-state index contributed by atoms with van der Waals surface area (Å²) in [5.41, 5.74) is 1.63. The minimum Gasteiger partial charge on any atom is -0.360 e. The number of aromatic amines is 1. The molecule has 2 aromatic heterocycles. The topological polar surface area (TPSA) is 45.8 Å². The zero-order valence-electron chi connectivity index (χ0n) is 8.23. The van der Waals surface area contributed by atoms with Gasteiger partial charge in [0.15, 0.2) is 5.01 Å². The Balaban J connectivity index is 2.16. The van der Waals surface area contributed by atoms with Crippen molar-refractivity contribution in [1.82, 2.24) is 9.97 Å². The van der Waals surface area contributed by atoms with E-state index >= 15 is 0 Å². The Morgan fingerprint density at radius 3 is 3.06 bits per heavy atom. The van der Waals surface area contributed by atoms with Crippen LogP contribution in [0, 0.1) is 6.20 Å². The van der Waals surface area contributed by atoms with Crippen molar-refractivity contribution in [2.24, 2.45) is 0 Å². The highest BCUT2D eigenvalue weighted by Crippen LogP contribution is 2.21. The molecule has 1 N–H and O–H groups in total. The number of thiazole rings is 1. The van der Waals surface area contributed by atoms with Crippen LogP contribution in [0.1, 0.15) is 15.4 Å². The summed E-state index contributed by atoms with van der Waals surface area (Å²) in [4.78, 5) is 19.1. The monoisotopic (exact) mass is 227 g/mol. The van der Waals surface area contributed by atoms with Gasteiger partial charge in [-0.2, -0.15) is 0 Å². The molecule has 16 heavy (non-hydrogen) atoms. The summed E-state index contributed by atoms with van der Waals surface area (Å²) in [6.07, 6.45) is 4.39. The molecule has 0 aliphatic heterocycles. The molecular weight excluding hydrogens is 220 g/mol. The average Bonchev–Trinajstić information content (AvgIpc) is 2.98. The van der Waals surface area contributed by atoms with Gasteiger partial charge in [-0.15, -0.1) is 11.3 Å². The average molecular weight is 227 g/mol. The van der Waals surface area contributed by atoms with Gasteiger partial charge in [0.05, 0.1) is 5.56 Å². The third-order valence-electron chi connectivity index (χ3n) is 2.42. The van der Waals surface area contributed by atoms with Crippen LogP contribution in [0.2, 0.25) is 0 Å². The highest BCUT2D eigenvalue weighted by atomic mass is 32.1. The number of ketones is 1. The zero-order chi connectivity index (χ0) is 11.0. The summed E-state index contributed by atoms with van der Waals surface area (Å²) in [6, 6.07) is 7.72. The van der Waals surface area contributed by atoms with Gasteiger partial charge in [-0.25, -0.2) is 4.98 Å². The number of benzene rings is 1. The number of hydrogen-bond acceptors (Lipinski definition) is 3. The van der Waals surface area contributed by atoms with Crippen LogP contribution in [0.4, 0.5) is 0 Å². The lowest BCUT2D eigenvalue weighted by molar-refractivity contribution is 0.104. The molecule has 0 aliphatic rings. The van der Waals surface area contributed by atoms with Gasteiger partial charge in [0, 0.05) is 22.5 Å². The second-order valence-corrected chi connectivity index (χ2v) is 4.22. The highest BCUT2D eigenvalue weighted by Gasteiger charge is 2.15. The van der Waals surface area contributed by atoms with Gasteiger partial charge < -0.3 is 4.98 Å². The summed E-state index contributed by atoms with van der Waals surface area (Å²) < 4.78 is 0. The number of hydrogen-bond donors (Lipinski definition) is 1. The number of carbonyl (C=O) groups is 1. The molecule has 1 aromatic carbocycles. The van der Waals surface area contributed by atoms with Crippen molar-refractivity contribution < 1.29 is 4.79 Å². The van der Waals surface area contributed by atoms with E-state index in [0.717, 1.165) is 10.9 Å². The van der Waals surface area contributed by atoms with E-state index in [-0.39, 0.29) is 5.78 Å². The standard InChI is InChI=1S/C12H7N2OS/c15-11(12-13-5-6-16-12)9-7-14-10-4-2-1-3-8(9)10/h1-4,6-7,14H. The van der Waals surface area contributed by atoms with E-state index in [0.29, 0.717) is 10.6 Å². The minimum atomic E-state index is -0.0521. The van der Waals surface area contributed by atoms with Gasteiger partial charge in [-0.05, 0) is 6.07 Å². The maximum atomic E-state index is 12.1. The lowest BCUT2D eigenvalue weighted by atomic mass is 10.1. The van der Waals surface area contributed by atoms with Crippen LogP contribution in [-0.4, -0.2) is 15.8 Å². The van der Waals surface area contributed by atoms with Crippen LogP contribution in [-0.2, 0) is 0 Å². The lowest BCUT2D eigenvalue weighted by Crippen LogP contribution is -1.98. The molecule has 0 bridgehead atoms. The third kappa shape index (κ3) is 1.35. The largest absolute Gasteiger partial charge is 0.360 e. The second kappa shape index (κ2) is 3.57. The van der Waals surface area contributed by atoms with Gasteiger partial charge in [0.1, 0.15) is 6.20 Å². The van der Waals surface area contributed by atoms with Crippen LogP contribution < -0.4 is 0 Å². The Labute approximate surface area is 95.8 Å².